The second-order valence-corrected chi connectivity index (χ2v) is 12.0. The molecule has 0 amide bonds. The summed E-state index contributed by atoms with van der Waals surface area (Å²) in [5.74, 6) is -2.63. The monoisotopic (exact) mass is 722 g/mol. The molecule has 6 rings (SSSR count). The molecule has 0 saturated carbocycles. The quantitative estimate of drug-likeness (QED) is 0.112. The molecular formula is C39H38O6Sn. The summed E-state index contributed by atoms with van der Waals surface area (Å²) in [7, 11) is 0. The van der Waals surface area contributed by atoms with E-state index in [1.165, 1.54) is 52.6 Å². The molecule has 7 heteroatoms. The number of hydrogen-bond donors (Lipinski definition) is 3. The maximum atomic E-state index is 10.8. The molecule has 0 atom stereocenters. The molecule has 0 aliphatic rings. The van der Waals surface area contributed by atoms with Crippen LogP contribution in [0.5, 0.6) is 0 Å². The fraction of sp³-hybridized carbons (Fsp3) is 0.154. The van der Waals surface area contributed by atoms with Gasteiger partial charge in [-0.2, -0.15) is 0 Å². The minimum atomic E-state index is -0.878. The van der Waals surface area contributed by atoms with Crippen LogP contribution in [0.1, 0.15) is 63.7 Å². The molecule has 2 radical (unpaired) electrons. The number of hydrogen-bond acceptors (Lipinski definition) is 3. The van der Waals surface area contributed by atoms with Gasteiger partial charge in [-0.25, -0.2) is 14.4 Å². The fourth-order valence-electron chi connectivity index (χ4n) is 4.81. The van der Waals surface area contributed by atoms with Crippen molar-refractivity contribution in [2.45, 2.75) is 37.0 Å². The Labute approximate surface area is 282 Å². The van der Waals surface area contributed by atoms with E-state index in [9.17, 15) is 14.4 Å². The number of carboxylic acid groups (broad SMARTS) is 3. The molecule has 6 aromatic carbocycles. The van der Waals surface area contributed by atoms with Gasteiger partial charge in [-0.3, -0.25) is 0 Å². The molecule has 3 N–H and O–H groups in total. The molecule has 0 unspecified atom stereocenters. The van der Waals surface area contributed by atoms with Crippen molar-refractivity contribution in [1.82, 2.24) is 0 Å². The van der Waals surface area contributed by atoms with Gasteiger partial charge in [-0.05, 0) is 50.5 Å². The van der Waals surface area contributed by atoms with Gasteiger partial charge in [0.2, 0.25) is 0 Å². The summed E-state index contributed by atoms with van der Waals surface area (Å²) >= 11 is 1.46. The summed E-state index contributed by atoms with van der Waals surface area (Å²) in [6.45, 7) is 2.26. The maximum absolute atomic E-state index is 10.8. The van der Waals surface area contributed by atoms with Crippen molar-refractivity contribution in [1.29, 1.82) is 0 Å². The minimum Gasteiger partial charge on any atom is -0.478 e. The van der Waals surface area contributed by atoms with Crippen LogP contribution in [0.25, 0.3) is 32.3 Å². The SMILES string of the molecule is CCCCC[CH2][SnH].O=C(O)c1cccc2ccccc12.O=C(O)c1cccc2ccccc12.O=C(O)c1cccc2ccccc12. The zero-order valence-corrected chi connectivity index (χ0v) is 29.1. The van der Waals surface area contributed by atoms with E-state index in [4.69, 9.17) is 15.3 Å². The molecule has 6 aromatic rings. The second kappa shape index (κ2) is 19.0. The Kier molecular flexibility index (Phi) is 14.8. The normalized spacial score (nSPS) is 10.0. The minimum absolute atomic E-state index is 0.359. The molecule has 46 heavy (non-hydrogen) atoms. The van der Waals surface area contributed by atoms with E-state index in [0.29, 0.717) is 16.7 Å². The summed E-state index contributed by atoms with van der Waals surface area (Å²) in [4.78, 5) is 32.4. The Bertz CT molecular complexity index is 1670. The van der Waals surface area contributed by atoms with Crippen molar-refractivity contribution in [3.63, 3.8) is 0 Å². The Morgan fingerprint density at radius 3 is 1.04 bits per heavy atom. The topological polar surface area (TPSA) is 112 Å². The molecule has 234 valence electrons. The van der Waals surface area contributed by atoms with Crippen molar-refractivity contribution in [3.8, 4) is 0 Å². The number of carboxylic acids is 3. The standard InChI is InChI=1S/3C11H8O2.C6H13.Sn.H/c3*12-11(13)10-7-3-5-8-4-1-2-6-9(8)10;1-3-5-6-4-2;;/h3*1-7H,(H,12,13);1,3-6H2,2H3;;. The molecule has 0 aromatic heterocycles. The van der Waals surface area contributed by atoms with Crippen LogP contribution in [0.2, 0.25) is 4.44 Å². The summed E-state index contributed by atoms with van der Waals surface area (Å²) in [5, 5.41) is 31.9. The largest absolute Gasteiger partial charge is 0.478 e. The van der Waals surface area contributed by atoms with E-state index in [1.54, 1.807) is 36.4 Å². The van der Waals surface area contributed by atoms with Gasteiger partial charge in [0.15, 0.2) is 0 Å². The van der Waals surface area contributed by atoms with E-state index < -0.39 is 17.9 Å². The van der Waals surface area contributed by atoms with Gasteiger partial charge >= 0.3 is 77.5 Å². The summed E-state index contributed by atoms with van der Waals surface area (Å²) in [6.07, 6.45) is 5.77. The Hall–Kier alpha value is -4.69. The van der Waals surface area contributed by atoms with Crippen molar-refractivity contribution in [2.75, 3.05) is 0 Å². The zero-order chi connectivity index (χ0) is 33.3. The average Bonchev–Trinajstić information content (AvgIpc) is 3.08. The Balaban J connectivity index is 0.000000171. The van der Waals surface area contributed by atoms with Crippen LogP contribution in [0.15, 0.2) is 127 Å². The molecule has 0 aliphatic carbocycles. The third-order valence-corrected chi connectivity index (χ3v) is 8.28. The van der Waals surface area contributed by atoms with E-state index in [-0.39, 0.29) is 0 Å². The number of aromatic carboxylic acids is 3. The summed E-state index contributed by atoms with van der Waals surface area (Å²) < 4.78 is 1.49. The van der Waals surface area contributed by atoms with Gasteiger partial charge in [0.1, 0.15) is 0 Å². The van der Waals surface area contributed by atoms with Crippen LogP contribution in [0.3, 0.4) is 0 Å². The third-order valence-electron chi connectivity index (χ3n) is 7.12. The average molecular weight is 721 g/mol. The molecule has 0 aliphatic heterocycles. The van der Waals surface area contributed by atoms with Crippen LogP contribution in [0, 0.1) is 0 Å². The number of unbranched alkanes of at least 4 members (excludes halogenated alkanes) is 3. The molecule has 0 saturated heterocycles. The molecular weight excluding hydrogens is 683 g/mol. The van der Waals surface area contributed by atoms with Crippen molar-refractivity contribution < 1.29 is 29.7 Å². The van der Waals surface area contributed by atoms with Crippen LogP contribution in [0.4, 0.5) is 0 Å². The number of carbonyl (C=O) groups is 3. The van der Waals surface area contributed by atoms with Crippen LogP contribution < -0.4 is 0 Å². The van der Waals surface area contributed by atoms with E-state index in [0.717, 1.165) is 32.3 Å². The van der Waals surface area contributed by atoms with Crippen molar-refractivity contribution in [3.05, 3.63) is 144 Å². The summed E-state index contributed by atoms with van der Waals surface area (Å²) in [5.41, 5.74) is 1.08. The molecule has 0 heterocycles. The third kappa shape index (κ3) is 10.4. The van der Waals surface area contributed by atoms with Gasteiger partial charge in [-0.1, -0.05) is 109 Å². The smallest absolute Gasteiger partial charge is 0.336 e. The number of fused-ring (bicyclic) bond motifs is 3. The first-order valence-electron chi connectivity index (χ1n) is 15.1. The first kappa shape index (κ1) is 35.8. The van der Waals surface area contributed by atoms with Crippen LogP contribution in [-0.2, 0) is 0 Å². The van der Waals surface area contributed by atoms with E-state index >= 15 is 0 Å². The van der Waals surface area contributed by atoms with E-state index in [2.05, 4.69) is 6.92 Å². The Morgan fingerprint density at radius 1 is 0.457 bits per heavy atom. The number of rotatable bonds is 7. The zero-order valence-electron chi connectivity index (χ0n) is 25.8. The maximum Gasteiger partial charge on any atom is 0.336 e. The van der Waals surface area contributed by atoms with E-state index in [1.807, 2.05) is 91.0 Å². The second-order valence-electron chi connectivity index (χ2n) is 10.3. The van der Waals surface area contributed by atoms with Gasteiger partial charge < -0.3 is 15.3 Å². The molecule has 0 fully saturated rings. The number of benzene rings is 6. The molecule has 6 nitrogen and oxygen atoms in total. The Morgan fingerprint density at radius 2 is 0.761 bits per heavy atom. The van der Waals surface area contributed by atoms with Crippen molar-refractivity contribution >= 4 is 72.8 Å². The first-order chi connectivity index (χ1) is 22.3. The van der Waals surface area contributed by atoms with Gasteiger partial charge in [0, 0.05) is 0 Å². The van der Waals surface area contributed by atoms with Gasteiger partial charge in [0.05, 0.1) is 16.7 Å². The van der Waals surface area contributed by atoms with Crippen LogP contribution >= 0.6 is 0 Å². The predicted molar refractivity (Wildman–Crippen MR) is 189 cm³/mol. The van der Waals surface area contributed by atoms with Gasteiger partial charge in [0.25, 0.3) is 0 Å². The fourth-order valence-corrected chi connectivity index (χ4v) is 5.63. The molecule has 0 bridgehead atoms. The molecule has 0 spiro atoms. The summed E-state index contributed by atoms with van der Waals surface area (Å²) in [6, 6.07) is 38.2. The van der Waals surface area contributed by atoms with Gasteiger partial charge in [-0.15, -0.1) is 0 Å². The first-order valence-corrected chi connectivity index (χ1v) is 17.4. The van der Waals surface area contributed by atoms with Crippen molar-refractivity contribution in [2.24, 2.45) is 0 Å². The predicted octanol–water partition coefficient (Wildman–Crippen LogP) is 9.50. The van der Waals surface area contributed by atoms with Crippen LogP contribution in [-0.4, -0.2) is 55.8 Å².